The van der Waals surface area contributed by atoms with E-state index >= 15 is 0 Å². The number of nitrogens with zero attached hydrogens (tertiary/aromatic N) is 3. The van der Waals surface area contributed by atoms with Crippen LogP contribution in [0.2, 0.25) is 0 Å². The molecular formula is C11H15N3O3S. The minimum Gasteiger partial charge on any atom is -0.465 e. The number of nitriles is 1. The average Bonchev–Trinajstić information content (AvgIpc) is 2.76. The van der Waals surface area contributed by atoms with Crippen molar-refractivity contribution in [3.63, 3.8) is 0 Å². The first kappa shape index (κ1) is 14.5. The van der Waals surface area contributed by atoms with Gasteiger partial charge in [-0.1, -0.05) is 11.8 Å². The van der Waals surface area contributed by atoms with Crippen LogP contribution in [0.25, 0.3) is 0 Å². The van der Waals surface area contributed by atoms with E-state index in [-0.39, 0.29) is 18.3 Å². The quantitative estimate of drug-likeness (QED) is 0.585. The number of ether oxygens (including phenoxy) is 1. The van der Waals surface area contributed by atoms with Gasteiger partial charge in [-0.15, -0.1) is 0 Å². The number of thioether (sulfide) groups is 1. The summed E-state index contributed by atoms with van der Waals surface area (Å²) in [6.45, 7) is 2.42. The zero-order valence-electron chi connectivity index (χ0n) is 10.1. The van der Waals surface area contributed by atoms with Crippen molar-refractivity contribution in [2.75, 3.05) is 12.4 Å². The molecule has 0 saturated carbocycles. The summed E-state index contributed by atoms with van der Waals surface area (Å²) < 4.78 is 6.56. The van der Waals surface area contributed by atoms with E-state index in [1.807, 2.05) is 6.07 Å². The molecule has 0 amide bonds. The van der Waals surface area contributed by atoms with Crippen molar-refractivity contribution in [3.05, 3.63) is 11.9 Å². The van der Waals surface area contributed by atoms with Gasteiger partial charge in [-0.3, -0.25) is 4.79 Å². The lowest BCUT2D eigenvalue weighted by molar-refractivity contribution is -0.139. The zero-order valence-corrected chi connectivity index (χ0v) is 10.9. The van der Waals surface area contributed by atoms with Gasteiger partial charge in [0.15, 0.2) is 5.16 Å². The predicted molar refractivity (Wildman–Crippen MR) is 65.7 cm³/mol. The summed E-state index contributed by atoms with van der Waals surface area (Å²) in [6, 6.07) is 2.04. The fourth-order valence-electron chi connectivity index (χ4n) is 1.36. The van der Waals surface area contributed by atoms with Crippen molar-refractivity contribution >= 4 is 17.7 Å². The highest BCUT2D eigenvalue weighted by Gasteiger charge is 2.12. The number of rotatable bonds is 7. The van der Waals surface area contributed by atoms with Crippen molar-refractivity contribution in [2.24, 2.45) is 0 Å². The number of esters is 1. The maximum atomic E-state index is 11.2. The van der Waals surface area contributed by atoms with Crippen molar-refractivity contribution < 1.29 is 14.6 Å². The number of aromatic nitrogens is 2. The van der Waals surface area contributed by atoms with Gasteiger partial charge in [-0.25, -0.2) is 4.98 Å². The Balaban J connectivity index is 2.67. The Morgan fingerprint density at radius 1 is 1.72 bits per heavy atom. The van der Waals surface area contributed by atoms with Crippen LogP contribution in [0.15, 0.2) is 11.4 Å². The Labute approximate surface area is 110 Å². The molecule has 0 spiro atoms. The molecule has 0 unspecified atom stereocenters. The molecule has 1 N–H and O–H groups in total. The summed E-state index contributed by atoms with van der Waals surface area (Å²) in [5.41, 5.74) is 0.636. The molecule has 0 fully saturated rings. The Bertz CT molecular complexity index is 439. The topological polar surface area (TPSA) is 88.1 Å². The summed E-state index contributed by atoms with van der Waals surface area (Å²) in [4.78, 5) is 15.4. The summed E-state index contributed by atoms with van der Waals surface area (Å²) in [6.07, 6.45) is 1.88. The van der Waals surface area contributed by atoms with Gasteiger partial charge in [-0.2, -0.15) is 5.26 Å². The van der Waals surface area contributed by atoms with Crippen LogP contribution in [0, 0.1) is 11.3 Å². The molecule has 0 saturated heterocycles. The first-order valence-corrected chi connectivity index (χ1v) is 6.52. The molecule has 1 aromatic rings. The van der Waals surface area contributed by atoms with Crippen molar-refractivity contribution in [3.8, 4) is 6.07 Å². The summed E-state index contributed by atoms with van der Waals surface area (Å²) in [5.74, 6) is -0.134. The number of hydrogen-bond donors (Lipinski definition) is 1. The minimum atomic E-state index is -0.303. The second-order valence-electron chi connectivity index (χ2n) is 3.34. The maximum absolute atomic E-state index is 11.2. The molecule has 0 radical (unpaired) electrons. The van der Waals surface area contributed by atoms with Crippen molar-refractivity contribution in [2.45, 2.75) is 31.7 Å². The summed E-state index contributed by atoms with van der Waals surface area (Å²) >= 11 is 1.24. The van der Waals surface area contributed by atoms with Gasteiger partial charge in [0.25, 0.3) is 0 Å². The lowest BCUT2D eigenvalue weighted by atomic mass is 10.4. The minimum absolute atomic E-state index is 0.140. The molecule has 98 valence electrons. The number of carbonyl (C=O) groups excluding carboxylic acids is 1. The largest absolute Gasteiger partial charge is 0.465 e. The normalized spacial score (nSPS) is 10.1. The fourth-order valence-corrected chi connectivity index (χ4v) is 2.18. The van der Waals surface area contributed by atoms with Crippen LogP contribution in [0.3, 0.4) is 0 Å². The number of aliphatic hydroxyl groups is 1. The molecule has 0 atom stereocenters. The van der Waals surface area contributed by atoms with Crippen LogP contribution in [0.5, 0.6) is 0 Å². The second kappa shape index (κ2) is 7.74. The molecular weight excluding hydrogens is 254 g/mol. The van der Waals surface area contributed by atoms with E-state index in [9.17, 15) is 4.79 Å². The van der Waals surface area contributed by atoms with Gasteiger partial charge in [0, 0.05) is 6.54 Å². The molecule has 0 aliphatic carbocycles. The van der Waals surface area contributed by atoms with E-state index < -0.39 is 0 Å². The highest BCUT2D eigenvalue weighted by molar-refractivity contribution is 7.99. The van der Waals surface area contributed by atoms with Gasteiger partial charge in [0.1, 0.15) is 0 Å². The van der Waals surface area contributed by atoms with Gasteiger partial charge in [-0.05, 0) is 6.92 Å². The molecule has 1 rings (SSSR count). The van der Waals surface area contributed by atoms with Crippen LogP contribution >= 0.6 is 11.8 Å². The number of carbonyl (C=O) groups is 1. The Kier molecular flexibility index (Phi) is 6.25. The lowest BCUT2D eigenvalue weighted by Crippen LogP contribution is -2.09. The molecule has 0 aliphatic rings. The molecule has 0 aliphatic heterocycles. The SMILES string of the molecule is CCOC(=O)CSc1ncc(CO)n1CCC#N. The van der Waals surface area contributed by atoms with Gasteiger partial charge in [0.2, 0.25) is 0 Å². The Hall–Kier alpha value is -1.52. The zero-order chi connectivity index (χ0) is 13.4. The highest BCUT2D eigenvalue weighted by Crippen LogP contribution is 2.19. The summed E-state index contributed by atoms with van der Waals surface area (Å²) in [7, 11) is 0. The van der Waals surface area contributed by atoms with Crippen LogP contribution < -0.4 is 0 Å². The van der Waals surface area contributed by atoms with E-state index in [1.165, 1.54) is 11.8 Å². The first-order valence-electron chi connectivity index (χ1n) is 5.53. The third-order valence-electron chi connectivity index (χ3n) is 2.14. The molecule has 0 bridgehead atoms. The van der Waals surface area contributed by atoms with Gasteiger partial charge >= 0.3 is 5.97 Å². The third kappa shape index (κ3) is 4.05. The molecule has 18 heavy (non-hydrogen) atoms. The molecule has 6 nitrogen and oxygen atoms in total. The van der Waals surface area contributed by atoms with E-state index in [1.54, 1.807) is 17.7 Å². The van der Waals surface area contributed by atoms with Crippen LogP contribution in [0.1, 0.15) is 19.0 Å². The molecule has 7 heteroatoms. The summed E-state index contributed by atoms with van der Waals surface area (Å²) in [5, 5.41) is 18.3. The van der Waals surface area contributed by atoms with Crippen LogP contribution in [-0.4, -0.2) is 33.0 Å². The number of imidazole rings is 1. The van der Waals surface area contributed by atoms with Gasteiger partial charge < -0.3 is 14.4 Å². The van der Waals surface area contributed by atoms with Crippen molar-refractivity contribution in [1.29, 1.82) is 5.26 Å². The third-order valence-corrected chi connectivity index (χ3v) is 3.10. The second-order valence-corrected chi connectivity index (χ2v) is 4.29. The Morgan fingerprint density at radius 2 is 2.50 bits per heavy atom. The molecule has 1 heterocycles. The predicted octanol–water partition coefficient (Wildman–Crippen LogP) is 0.944. The fraction of sp³-hybridized carbons (Fsp3) is 0.545. The smallest absolute Gasteiger partial charge is 0.316 e. The highest BCUT2D eigenvalue weighted by atomic mass is 32.2. The van der Waals surface area contributed by atoms with E-state index in [0.29, 0.717) is 30.4 Å². The number of aliphatic hydroxyl groups excluding tert-OH is 1. The average molecular weight is 269 g/mol. The Morgan fingerprint density at radius 3 is 3.11 bits per heavy atom. The number of hydrogen-bond acceptors (Lipinski definition) is 6. The lowest BCUT2D eigenvalue weighted by Gasteiger charge is -2.08. The standard InChI is InChI=1S/C11H15N3O3S/c1-2-17-10(16)8-18-11-13-6-9(7-15)14(11)5-3-4-12/h6,15H,2-3,5,7-8H2,1H3. The molecule has 1 aromatic heterocycles. The first-order chi connectivity index (χ1) is 8.72. The molecule has 0 aromatic carbocycles. The van der Waals surface area contributed by atoms with Crippen LogP contribution in [-0.2, 0) is 22.7 Å². The monoisotopic (exact) mass is 269 g/mol. The van der Waals surface area contributed by atoms with E-state index in [0.717, 1.165) is 0 Å². The van der Waals surface area contributed by atoms with Crippen molar-refractivity contribution in [1.82, 2.24) is 9.55 Å². The van der Waals surface area contributed by atoms with E-state index in [2.05, 4.69) is 4.98 Å². The van der Waals surface area contributed by atoms with Crippen LogP contribution in [0.4, 0.5) is 0 Å². The maximum Gasteiger partial charge on any atom is 0.316 e. The van der Waals surface area contributed by atoms with E-state index in [4.69, 9.17) is 15.1 Å². The van der Waals surface area contributed by atoms with Gasteiger partial charge in [0.05, 0.1) is 43.3 Å².